The Morgan fingerprint density at radius 3 is 1.62 bits per heavy atom. The highest BCUT2D eigenvalue weighted by atomic mass is 31.2. The number of rotatable bonds is 28. The van der Waals surface area contributed by atoms with E-state index in [4.69, 9.17) is 18.5 Å². The Labute approximate surface area is 286 Å². The summed E-state index contributed by atoms with van der Waals surface area (Å²) in [5.74, 6) is -1.14. The molecule has 0 aromatic carbocycles. The number of unbranched alkanes of at least 4 members (excludes halogenated alkanes) is 14. The van der Waals surface area contributed by atoms with Crippen LogP contribution in [-0.2, 0) is 32.7 Å². The van der Waals surface area contributed by atoms with Crippen LogP contribution in [0.1, 0.15) is 136 Å². The number of carbonyl (C=O) groups excluding carboxylic acids is 2. The number of ether oxygens (including phenoxy) is 2. The second kappa shape index (κ2) is 26.4. The maximum atomic E-state index is 12.6. The Morgan fingerprint density at radius 1 is 0.625 bits per heavy atom. The summed E-state index contributed by atoms with van der Waals surface area (Å²) in [5, 5.41) is 49.6. The number of phosphoric ester groups is 1. The SMILES string of the molecule is CCCCCCCC/C=C\CCCCCCCCCC(=O)OC(COC(=O)CCCC)COP(=O)(O)OC1C(O)C(O)C(O)C(O)C1O. The Balaban J connectivity index is 2.39. The maximum absolute atomic E-state index is 12.6. The van der Waals surface area contributed by atoms with Gasteiger partial charge in [0.1, 0.15) is 43.2 Å². The number of hydrogen-bond donors (Lipinski definition) is 6. The van der Waals surface area contributed by atoms with Crippen molar-refractivity contribution in [3.05, 3.63) is 12.2 Å². The van der Waals surface area contributed by atoms with E-state index in [1.54, 1.807) is 0 Å². The van der Waals surface area contributed by atoms with Crippen molar-refractivity contribution in [1.82, 2.24) is 0 Å². The standard InChI is InChI=1S/C34H63O13P/c1-3-5-7-8-9-10-11-12-13-14-15-16-17-18-19-20-21-23-28(36)46-26(24-44-27(35)22-6-4-2)25-45-48(42,43)47-34-32(40)30(38)29(37)31(39)33(34)41/h12-13,26,29-34,37-41H,3-11,14-25H2,1-2H3,(H,42,43)/b13-12-. The summed E-state index contributed by atoms with van der Waals surface area (Å²) in [6, 6.07) is 0. The lowest BCUT2D eigenvalue weighted by Crippen LogP contribution is -2.64. The van der Waals surface area contributed by atoms with Crippen molar-refractivity contribution >= 4 is 19.8 Å². The highest BCUT2D eigenvalue weighted by Crippen LogP contribution is 2.47. The van der Waals surface area contributed by atoms with Gasteiger partial charge in [0.15, 0.2) is 6.10 Å². The van der Waals surface area contributed by atoms with Crippen LogP contribution in [0.25, 0.3) is 0 Å². The molecule has 0 spiro atoms. The Bertz CT molecular complexity index is 917. The molecule has 0 bridgehead atoms. The minimum Gasteiger partial charge on any atom is -0.462 e. The lowest BCUT2D eigenvalue weighted by Gasteiger charge is -2.41. The average molecular weight is 711 g/mol. The summed E-state index contributed by atoms with van der Waals surface area (Å²) < 4.78 is 32.8. The molecule has 0 aliphatic heterocycles. The van der Waals surface area contributed by atoms with Crippen molar-refractivity contribution in [2.24, 2.45) is 0 Å². The van der Waals surface area contributed by atoms with Crippen LogP contribution in [0.15, 0.2) is 12.2 Å². The van der Waals surface area contributed by atoms with Gasteiger partial charge in [-0.2, -0.15) is 0 Å². The Kier molecular flexibility index (Phi) is 24.5. The quantitative estimate of drug-likeness (QED) is 0.0280. The maximum Gasteiger partial charge on any atom is 0.472 e. The molecule has 1 aliphatic rings. The molecule has 1 rings (SSSR count). The van der Waals surface area contributed by atoms with Gasteiger partial charge in [-0.05, 0) is 38.5 Å². The number of esters is 2. The highest BCUT2D eigenvalue weighted by molar-refractivity contribution is 7.47. The van der Waals surface area contributed by atoms with Crippen LogP contribution >= 0.6 is 7.82 Å². The summed E-state index contributed by atoms with van der Waals surface area (Å²) in [7, 11) is -5.09. The molecule has 13 nitrogen and oxygen atoms in total. The topological polar surface area (TPSA) is 210 Å². The molecule has 48 heavy (non-hydrogen) atoms. The third-order valence-corrected chi connectivity index (χ3v) is 9.34. The van der Waals surface area contributed by atoms with Crippen molar-refractivity contribution in [3.63, 3.8) is 0 Å². The highest BCUT2D eigenvalue weighted by Gasteiger charge is 2.51. The molecule has 6 unspecified atom stereocenters. The van der Waals surface area contributed by atoms with Crippen LogP contribution in [-0.4, -0.2) is 98.3 Å². The first-order chi connectivity index (χ1) is 22.9. The number of aliphatic hydroxyl groups excluding tert-OH is 5. The van der Waals surface area contributed by atoms with E-state index in [2.05, 4.69) is 19.1 Å². The lowest BCUT2D eigenvalue weighted by molar-refractivity contribution is -0.220. The fourth-order valence-corrected chi connectivity index (χ4v) is 6.29. The van der Waals surface area contributed by atoms with Gasteiger partial charge in [0.2, 0.25) is 0 Å². The number of phosphoric acid groups is 1. The van der Waals surface area contributed by atoms with E-state index in [0.29, 0.717) is 12.8 Å². The van der Waals surface area contributed by atoms with Gasteiger partial charge >= 0.3 is 19.8 Å². The first kappa shape index (κ1) is 44.6. The van der Waals surface area contributed by atoms with Gasteiger partial charge in [-0.1, -0.05) is 96.6 Å². The van der Waals surface area contributed by atoms with E-state index in [0.717, 1.165) is 38.5 Å². The molecular formula is C34H63O13P. The van der Waals surface area contributed by atoms with Crippen LogP contribution in [0.3, 0.4) is 0 Å². The molecule has 0 heterocycles. The zero-order chi connectivity index (χ0) is 35.8. The number of hydrogen-bond acceptors (Lipinski definition) is 12. The first-order valence-electron chi connectivity index (χ1n) is 18.0. The molecule has 6 N–H and O–H groups in total. The molecular weight excluding hydrogens is 647 g/mol. The fraction of sp³-hybridized carbons (Fsp3) is 0.882. The van der Waals surface area contributed by atoms with Crippen molar-refractivity contribution < 1.29 is 63.1 Å². The molecule has 14 heteroatoms. The van der Waals surface area contributed by atoms with E-state index in [1.165, 1.54) is 57.8 Å². The minimum atomic E-state index is -5.09. The molecule has 0 amide bonds. The molecule has 0 radical (unpaired) electrons. The lowest BCUT2D eigenvalue weighted by atomic mass is 9.85. The van der Waals surface area contributed by atoms with Gasteiger partial charge in [-0.15, -0.1) is 0 Å². The van der Waals surface area contributed by atoms with E-state index in [9.17, 15) is 44.6 Å². The van der Waals surface area contributed by atoms with Crippen molar-refractivity contribution in [1.29, 1.82) is 0 Å². The fourth-order valence-electron chi connectivity index (χ4n) is 5.32. The monoisotopic (exact) mass is 710 g/mol. The largest absolute Gasteiger partial charge is 0.472 e. The van der Waals surface area contributed by atoms with Gasteiger partial charge in [0, 0.05) is 12.8 Å². The zero-order valence-corrected chi connectivity index (χ0v) is 29.9. The van der Waals surface area contributed by atoms with Gasteiger partial charge in [0.25, 0.3) is 0 Å². The summed E-state index contributed by atoms with van der Waals surface area (Å²) in [5.41, 5.74) is 0. The van der Waals surface area contributed by atoms with Crippen molar-refractivity contribution in [2.45, 2.75) is 179 Å². The molecule has 282 valence electrons. The molecule has 6 atom stereocenters. The molecule has 0 saturated heterocycles. The van der Waals surface area contributed by atoms with Crippen LogP contribution in [0.5, 0.6) is 0 Å². The minimum absolute atomic E-state index is 0.0928. The van der Waals surface area contributed by atoms with Gasteiger partial charge in [-0.25, -0.2) is 4.57 Å². The predicted octanol–water partition coefficient (Wildman–Crippen LogP) is 4.77. The Morgan fingerprint density at radius 2 is 1.08 bits per heavy atom. The predicted molar refractivity (Wildman–Crippen MR) is 180 cm³/mol. The van der Waals surface area contributed by atoms with Crippen LogP contribution in [0, 0.1) is 0 Å². The molecule has 0 aromatic rings. The van der Waals surface area contributed by atoms with Crippen LogP contribution < -0.4 is 0 Å². The van der Waals surface area contributed by atoms with E-state index in [1.807, 2.05) is 6.92 Å². The number of allylic oxidation sites excluding steroid dienone is 2. The van der Waals surface area contributed by atoms with Gasteiger partial charge in [-0.3, -0.25) is 18.6 Å². The van der Waals surface area contributed by atoms with Crippen LogP contribution in [0.2, 0.25) is 0 Å². The molecule has 0 aromatic heterocycles. The van der Waals surface area contributed by atoms with Crippen molar-refractivity contribution in [2.75, 3.05) is 13.2 Å². The average Bonchev–Trinajstić information content (AvgIpc) is 3.06. The van der Waals surface area contributed by atoms with Gasteiger partial charge < -0.3 is 39.9 Å². The molecule has 1 saturated carbocycles. The molecule has 1 aliphatic carbocycles. The summed E-state index contributed by atoms with van der Waals surface area (Å²) >= 11 is 0. The van der Waals surface area contributed by atoms with Crippen molar-refractivity contribution in [3.8, 4) is 0 Å². The van der Waals surface area contributed by atoms with Crippen LogP contribution in [0.4, 0.5) is 0 Å². The molecule has 1 fully saturated rings. The second-order valence-electron chi connectivity index (χ2n) is 12.7. The summed E-state index contributed by atoms with van der Waals surface area (Å²) in [6.07, 6.45) is 10.1. The third-order valence-electron chi connectivity index (χ3n) is 8.36. The van der Waals surface area contributed by atoms with E-state index < -0.39 is 75.7 Å². The smallest absolute Gasteiger partial charge is 0.462 e. The Hall–Kier alpha value is -1.41. The first-order valence-corrected chi connectivity index (χ1v) is 19.5. The number of carbonyl (C=O) groups is 2. The summed E-state index contributed by atoms with van der Waals surface area (Å²) in [6.45, 7) is 2.96. The zero-order valence-electron chi connectivity index (χ0n) is 29.0. The van der Waals surface area contributed by atoms with Gasteiger partial charge in [0.05, 0.1) is 6.61 Å². The number of aliphatic hydroxyl groups is 5. The summed E-state index contributed by atoms with van der Waals surface area (Å²) in [4.78, 5) is 34.7. The van der Waals surface area contributed by atoms with E-state index >= 15 is 0 Å². The normalized spacial score (nSPS) is 24.8. The van der Waals surface area contributed by atoms with E-state index in [-0.39, 0.29) is 12.8 Å². The second-order valence-corrected chi connectivity index (χ2v) is 14.1. The third kappa shape index (κ3) is 19.7.